The van der Waals surface area contributed by atoms with Gasteiger partial charge in [0.15, 0.2) is 5.16 Å². The molecule has 0 N–H and O–H groups in total. The zero-order valence-electron chi connectivity index (χ0n) is 15.2. The first-order chi connectivity index (χ1) is 13.8. The van der Waals surface area contributed by atoms with E-state index in [1.165, 1.54) is 5.56 Å². The Morgan fingerprint density at radius 2 is 1.82 bits per heavy atom. The molecule has 1 aliphatic carbocycles. The molecular weight excluding hydrogens is 386 g/mol. The molecule has 4 aromatic rings. The van der Waals surface area contributed by atoms with Gasteiger partial charge in [0, 0.05) is 23.6 Å². The monoisotopic (exact) mass is 405 g/mol. The summed E-state index contributed by atoms with van der Waals surface area (Å²) in [6, 6.07) is 18.3. The predicted octanol–water partition coefficient (Wildman–Crippen LogP) is 5.07. The van der Waals surface area contributed by atoms with Crippen molar-refractivity contribution < 1.29 is 0 Å². The lowest BCUT2D eigenvalue weighted by Crippen LogP contribution is -2.22. The van der Waals surface area contributed by atoms with Crippen LogP contribution in [0.2, 0.25) is 0 Å². The maximum Gasteiger partial charge on any atom is 0.262 e. The van der Waals surface area contributed by atoms with Crippen molar-refractivity contribution in [1.82, 2.24) is 14.5 Å². The van der Waals surface area contributed by atoms with Crippen LogP contribution >= 0.6 is 23.1 Å². The fourth-order valence-electron chi connectivity index (χ4n) is 3.29. The lowest BCUT2D eigenvalue weighted by atomic mass is 10.2. The molecule has 1 aliphatic rings. The first-order valence-corrected chi connectivity index (χ1v) is 11.3. The molecule has 1 fully saturated rings. The second-order valence-corrected chi connectivity index (χ2v) is 8.89. The van der Waals surface area contributed by atoms with Gasteiger partial charge in [-0.1, -0.05) is 54.2 Å². The summed E-state index contributed by atoms with van der Waals surface area (Å²) in [5.74, 6) is 0.725. The van der Waals surface area contributed by atoms with E-state index in [0.717, 1.165) is 46.4 Å². The van der Waals surface area contributed by atoms with Crippen LogP contribution in [-0.2, 0) is 12.2 Å². The molecule has 0 atom stereocenters. The number of hydrogen-bond acceptors (Lipinski definition) is 5. The molecular formula is C22H19N3OS2. The van der Waals surface area contributed by atoms with Gasteiger partial charge in [-0.05, 0) is 30.5 Å². The maximum atomic E-state index is 12.9. The number of fused-ring (bicyclic) bond motifs is 1. The molecule has 6 heteroatoms. The van der Waals surface area contributed by atoms with Gasteiger partial charge in [-0.15, -0.1) is 11.3 Å². The lowest BCUT2D eigenvalue weighted by Gasteiger charge is -2.11. The number of hydrogen-bond donors (Lipinski definition) is 0. The Morgan fingerprint density at radius 1 is 1.04 bits per heavy atom. The Labute approximate surface area is 171 Å². The number of benzene rings is 2. The van der Waals surface area contributed by atoms with E-state index in [4.69, 9.17) is 9.97 Å². The van der Waals surface area contributed by atoms with E-state index in [9.17, 15) is 4.79 Å². The molecule has 28 heavy (non-hydrogen) atoms. The van der Waals surface area contributed by atoms with Crippen LogP contribution < -0.4 is 5.56 Å². The van der Waals surface area contributed by atoms with E-state index in [1.54, 1.807) is 23.1 Å². The standard InChI is InChI=1S/C22H19N3OS2/c26-21-18-8-4-5-9-19(18)24-22(25(21)17-10-11-17)28-14-16-13-27-20(23-16)12-15-6-2-1-3-7-15/h1-9,13,17H,10-12,14H2. The third-order valence-corrected chi connectivity index (χ3v) is 6.72. The average molecular weight is 406 g/mol. The van der Waals surface area contributed by atoms with Gasteiger partial charge in [0.25, 0.3) is 5.56 Å². The molecule has 2 aromatic heterocycles. The third-order valence-electron chi connectivity index (χ3n) is 4.83. The summed E-state index contributed by atoms with van der Waals surface area (Å²) in [6.45, 7) is 0. The Bertz CT molecular complexity index is 1180. The number of nitrogens with zero attached hydrogens (tertiary/aromatic N) is 3. The Kier molecular flexibility index (Phi) is 4.74. The van der Waals surface area contributed by atoms with Gasteiger partial charge >= 0.3 is 0 Å². The molecule has 5 rings (SSSR count). The van der Waals surface area contributed by atoms with E-state index < -0.39 is 0 Å². The highest BCUT2D eigenvalue weighted by Gasteiger charge is 2.28. The van der Waals surface area contributed by atoms with Crippen molar-refractivity contribution in [2.75, 3.05) is 0 Å². The Morgan fingerprint density at radius 3 is 2.64 bits per heavy atom. The molecule has 2 aromatic carbocycles. The molecule has 1 saturated carbocycles. The van der Waals surface area contributed by atoms with Gasteiger partial charge in [-0.3, -0.25) is 9.36 Å². The van der Waals surface area contributed by atoms with Crippen molar-refractivity contribution in [3.05, 3.63) is 86.6 Å². The number of thiazole rings is 1. The summed E-state index contributed by atoms with van der Waals surface area (Å²) in [6.07, 6.45) is 2.98. The minimum Gasteiger partial charge on any atom is -0.284 e. The van der Waals surface area contributed by atoms with Crippen molar-refractivity contribution in [1.29, 1.82) is 0 Å². The molecule has 0 bridgehead atoms. The van der Waals surface area contributed by atoms with Crippen molar-refractivity contribution >= 4 is 34.0 Å². The summed E-state index contributed by atoms with van der Waals surface area (Å²) >= 11 is 3.31. The Balaban J connectivity index is 1.38. The number of rotatable bonds is 6. The van der Waals surface area contributed by atoms with Crippen LogP contribution in [-0.4, -0.2) is 14.5 Å². The highest BCUT2D eigenvalue weighted by atomic mass is 32.2. The van der Waals surface area contributed by atoms with Crippen LogP contribution in [0.15, 0.2) is 69.9 Å². The second-order valence-electron chi connectivity index (χ2n) is 7.00. The van der Waals surface area contributed by atoms with Crippen LogP contribution in [0.25, 0.3) is 10.9 Å². The van der Waals surface area contributed by atoms with Crippen LogP contribution in [0.5, 0.6) is 0 Å². The number of aromatic nitrogens is 3. The molecule has 0 saturated heterocycles. The van der Waals surface area contributed by atoms with Crippen LogP contribution in [0.3, 0.4) is 0 Å². The topological polar surface area (TPSA) is 47.8 Å². The van der Waals surface area contributed by atoms with E-state index >= 15 is 0 Å². The minimum absolute atomic E-state index is 0.0821. The summed E-state index contributed by atoms with van der Waals surface area (Å²) in [7, 11) is 0. The lowest BCUT2D eigenvalue weighted by molar-refractivity contribution is 0.618. The quantitative estimate of drug-likeness (QED) is 0.332. The molecule has 0 spiro atoms. The molecule has 0 radical (unpaired) electrons. The second kappa shape index (κ2) is 7.53. The summed E-state index contributed by atoms with van der Waals surface area (Å²) < 4.78 is 1.89. The predicted molar refractivity (Wildman–Crippen MR) is 115 cm³/mol. The van der Waals surface area contributed by atoms with Crippen LogP contribution in [0.1, 0.15) is 35.1 Å². The van der Waals surface area contributed by atoms with Gasteiger partial charge in [0.1, 0.15) is 0 Å². The zero-order chi connectivity index (χ0) is 18.9. The van der Waals surface area contributed by atoms with Crippen molar-refractivity contribution in [3.63, 3.8) is 0 Å². The number of thioether (sulfide) groups is 1. The van der Waals surface area contributed by atoms with Gasteiger partial charge in [-0.2, -0.15) is 0 Å². The van der Waals surface area contributed by atoms with Crippen LogP contribution in [0, 0.1) is 0 Å². The van der Waals surface area contributed by atoms with Crippen LogP contribution in [0.4, 0.5) is 0 Å². The maximum absolute atomic E-state index is 12.9. The molecule has 0 aliphatic heterocycles. The molecule has 4 nitrogen and oxygen atoms in total. The van der Waals surface area contributed by atoms with Gasteiger partial charge in [0.05, 0.1) is 21.6 Å². The Hall–Kier alpha value is -2.44. The first-order valence-electron chi connectivity index (χ1n) is 9.39. The number of para-hydroxylation sites is 1. The molecule has 0 unspecified atom stereocenters. The van der Waals surface area contributed by atoms with E-state index in [0.29, 0.717) is 11.4 Å². The summed E-state index contributed by atoms with van der Waals surface area (Å²) in [5, 5.41) is 4.75. The zero-order valence-corrected chi connectivity index (χ0v) is 16.9. The van der Waals surface area contributed by atoms with Crippen molar-refractivity contribution in [2.24, 2.45) is 0 Å². The smallest absolute Gasteiger partial charge is 0.262 e. The van der Waals surface area contributed by atoms with Crippen molar-refractivity contribution in [3.8, 4) is 0 Å². The SMILES string of the molecule is O=c1c2ccccc2nc(SCc2csc(Cc3ccccc3)n2)n1C1CC1. The fraction of sp³-hybridized carbons (Fsp3) is 0.227. The first kappa shape index (κ1) is 17.6. The fourth-order valence-corrected chi connectivity index (χ4v) is 5.18. The summed E-state index contributed by atoms with van der Waals surface area (Å²) in [5.41, 5.74) is 3.18. The molecule has 2 heterocycles. The highest BCUT2D eigenvalue weighted by molar-refractivity contribution is 7.98. The van der Waals surface area contributed by atoms with Gasteiger partial charge in [0.2, 0.25) is 0 Å². The largest absolute Gasteiger partial charge is 0.284 e. The molecule has 0 amide bonds. The molecule has 140 valence electrons. The van der Waals surface area contributed by atoms with Gasteiger partial charge < -0.3 is 0 Å². The normalized spacial score (nSPS) is 13.9. The summed E-state index contributed by atoms with van der Waals surface area (Å²) in [4.78, 5) is 22.5. The highest BCUT2D eigenvalue weighted by Crippen LogP contribution is 2.37. The van der Waals surface area contributed by atoms with Crippen molar-refractivity contribution in [2.45, 2.75) is 36.2 Å². The minimum atomic E-state index is 0.0821. The average Bonchev–Trinajstić information content (AvgIpc) is 3.46. The van der Waals surface area contributed by atoms with Gasteiger partial charge in [-0.25, -0.2) is 9.97 Å². The van der Waals surface area contributed by atoms with E-state index in [-0.39, 0.29) is 5.56 Å². The van der Waals surface area contributed by atoms with E-state index in [2.05, 4.69) is 29.6 Å². The third kappa shape index (κ3) is 3.62. The van der Waals surface area contributed by atoms with E-state index in [1.807, 2.05) is 34.9 Å².